The molecule has 1 saturated heterocycles. The number of hydrogen-bond donors (Lipinski definition) is 1. The fraction of sp³-hybridized carbons (Fsp3) is 0.379. The fourth-order valence-electron chi connectivity index (χ4n) is 4.76. The Morgan fingerprint density at radius 1 is 0.750 bits per heavy atom. The first-order valence-corrected chi connectivity index (χ1v) is 12.3. The molecule has 3 aromatic rings. The van der Waals surface area contributed by atoms with Gasteiger partial charge in [0.2, 0.25) is 5.75 Å². The second-order valence-corrected chi connectivity index (χ2v) is 8.65. The van der Waals surface area contributed by atoms with Gasteiger partial charge in [0.1, 0.15) is 18.1 Å². The molecular weight excluding hydrogens is 456 g/mol. The first-order valence-electron chi connectivity index (χ1n) is 12.3. The predicted molar refractivity (Wildman–Crippen MR) is 141 cm³/mol. The highest BCUT2D eigenvalue weighted by atomic mass is 16.5. The van der Waals surface area contributed by atoms with Gasteiger partial charge < -0.3 is 29.0 Å². The SMILES string of the molecule is COc1cc(C(c2c(OC)cccc2OC)N2CCCNCC2)cc(OC)c1OCc1ccccc1. The molecule has 0 aromatic heterocycles. The number of nitrogens with zero attached hydrogens (tertiary/aromatic N) is 1. The molecule has 0 bridgehead atoms. The number of methoxy groups -OCH3 is 4. The standard InChI is InChI=1S/C29H36N2O5/c1-32-23-12-8-13-24(33-2)27(23)28(31-16-9-14-30-15-17-31)22-18-25(34-3)29(26(19-22)35-4)36-20-21-10-6-5-7-11-21/h5-8,10-13,18-19,28,30H,9,14-17,20H2,1-4H3. The molecule has 1 fully saturated rings. The third-order valence-electron chi connectivity index (χ3n) is 6.50. The number of ether oxygens (including phenoxy) is 5. The summed E-state index contributed by atoms with van der Waals surface area (Å²) >= 11 is 0. The van der Waals surface area contributed by atoms with Crippen LogP contribution in [0.25, 0.3) is 0 Å². The highest BCUT2D eigenvalue weighted by Gasteiger charge is 2.31. The summed E-state index contributed by atoms with van der Waals surface area (Å²) in [6, 6.07) is 19.9. The Morgan fingerprint density at radius 3 is 2.00 bits per heavy atom. The van der Waals surface area contributed by atoms with E-state index in [1.807, 2.05) is 60.7 Å². The monoisotopic (exact) mass is 492 g/mol. The van der Waals surface area contributed by atoms with Gasteiger partial charge in [0.05, 0.1) is 40.0 Å². The Morgan fingerprint density at radius 2 is 1.39 bits per heavy atom. The summed E-state index contributed by atoms with van der Waals surface area (Å²) in [5.41, 5.74) is 3.06. The van der Waals surface area contributed by atoms with Crippen LogP contribution in [0.3, 0.4) is 0 Å². The third kappa shape index (κ3) is 5.69. The third-order valence-corrected chi connectivity index (χ3v) is 6.50. The minimum absolute atomic E-state index is 0.137. The van der Waals surface area contributed by atoms with Gasteiger partial charge in [0.15, 0.2) is 11.5 Å². The molecule has 3 aromatic carbocycles. The number of nitrogens with one attached hydrogen (secondary N) is 1. The van der Waals surface area contributed by atoms with E-state index in [0.717, 1.165) is 60.8 Å². The molecule has 0 saturated carbocycles. The molecule has 1 aliphatic heterocycles. The van der Waals surface area contributed by atoms with Gasteiger partial charge in [-0.05, 0) is 48.4 Å². The summed E-state index contributed by atoms with van der Waals surface area (Å²) in [6.45, 7) is 4.11. The maximum Gasteiger partial charge on any atom is 0.203 e. The van der Waals surface area contributed by atoms with Crippen LogP contribution in [0.2, 0.25) is 0 Å². The molecular formula is C29H36N2O5. The zero-order valence-electron chi connectivity index (χ0n) is 21.6. The van der Waals surface area contributed by atoms with E-state index in [9.17, 15) is 0 Å². The van der Waals surface area contributed by atoms with Crippen molar-refractivity contribution < 1.29 is 23.7 Å². The van der Waals surface area contributed by atoms with Crippen LogP contribution >= 0.6 is 0 Å². The largest absolute Gasteiger partial charge is 0.496 e. The topological polar surface area (TPSA) is 61.4 Å². The summed E-state index contributed by atoms with van der Waals surface area (Å²) < 4.78 is 29.5. The molecule has 0 amide bonds. The van der Waals surface area contributed by atoms with Gasteiger partial charge in [-0.25, -0.2) is 0 Å². The molecule has 192 valence electrons. The van der Waals surface area contributed by atoms with Gasteiger partial charge in [-0.1, -0.05) is 36.4 Å². The van der Waals surface area contributed by atoms with Crippen molar-refractivity contribution in [1.29, 1.82) is 0 Å². The van der Waals surface area contributed by atoms with Gasteiger partial charge in [-0.2, -0.15) is 0 Å². The average molecular weight is 493 g/mol. The summed E-state index contributed by atoms with van der Waals surface area (Å²) in [7, 11) is 6.70. The number of rotatable bonds is 10. The molecule has 1 unspecified atom stereocenters. The van der Waals surface area contributed by atoms with E-state index >= 15 is 0 Å². The van der Waals surface area contributed by atoms with Gasteiger partial charge >= 0.3 is 0 Å². The van der Waals surface area contributed by atoms with Gasteiger partial charge in [0, 0.05) is 19.6 Å². The lowest BCUT2D eigenvalue weighted by Crippen LogP contribution is -2.33. The minimum Gasteiger partial charge on any atom is -0.496 e. The highest BCUT2D eigenvalue weighted by molar-refractivity contribution is 5.58. The van der Waals surface area contributed by atoms with Gasteiger partial charge in [0.25, 0.3) is 0 Å². The Hall–Kier alpha value is -3.42. The van der Waals surface area contributed by atoms with Gasteiger partial charge in [-0.15, -0.1) is 0 Å². The zero-order valence-corrected chi connectivity index (χ0v) is 21.6. The van der Waals surface area contributed by atoms with E-state index in [0.29, 0.717) is 23.9 Å². The summed E-state index contributed by atoms with van der Waals surface area (Å²) in [5, 5.41) is 3.51. The van der Waals surface area contributed by atoms with Crippen LogP contribution in [0.4, 0.5) is 0 Å². The van der Waals surface area contributed by atoms with Crippen LogP contribution in [-0.4, -0.2) is 59.5 Å². The van der Waals surface area contributed by atoms with E-state index < -0.39 is 0 Å². The fourth-order valence-corrected chi connectivity index (χ4v) is 4.76. The maximum absolute atomic E-state index is 6.21. The molecule has 0 aliphatic carbocycles. The van der Waals surface area contributed by atoms with Crippen molar-refractivity contribution in [1.82, 2.24) is 10.2 Å². The quantitative estimate of drug-likeness (QED) is 0.441. The lowest BCUT2D eigenvalue weighted by atomic mass is 9.94. The summed E-state index contributed by atoms with van der Waals surface area (Å²) in [4.78, 5) is 2.46. The van der Waals surface area contributed by atoms with Crippen molar-refractivity contribution in [3.63, 3.8) is 0 Å². The van der Waals surface area contributed by atoms with Crippen molar-refractivity contribution in [2.45, 2.75) is 19.1 Å². The van der Waals surface area contributed by atoms with E-state index in [1.54, 1.807) is 28.4 Å². The van der Waals surface area contributed by atoms with E-state index in [2.05, 4.69) is 10.2 Å². The van der Waals surface area contributed by atoms with E-state index in [4.69, 9.17) is 23.7 Å². The van der Waals surface area contributed by atoms with Crippen molar-refractivity contribution in [3.8, 4) is 28.7 Å². The Labute approximate surface area is 213 Å². The van der Waals surface area contributed by atoms with E-state index in [1.165, 1.54) is 0 Å². The molecule has 7 nitrogen and oxygen atoms in total. The average Bonchev–Trinajstić information content (AvgIpc) is 3.22. The predicted octanol–water partition coefficient (Wildman–Crippen LogP) is 4.68. The van der Waals surface area contributed by atoms with Crippen LogP contribution in [0.5, 0.6) is 28.7 Å². The second kappa shape index (κ2) is 12.5. The Bertz CT molecular complexity index is 1070. The van der Waals surface area contributed by atoms with Crippen LogP contribution in [-0.2, 0) is 6.61 Å². The van der Waals surface area contributed by atoms with Crippen LogP contribution in [0.15, 0.2) is 60.7 Å². The van der Waals surface area contributed by atoms with Crippen molar-refractivity contribution in [2.75, 3.05) is 54.6 Å². The first kappa shape index (κ1) is 25.7. The van der Waals surface area contributed by atoms with E-state index in [-0.39, 0.29) is 6.04 Å². The summed E-state index contributed by atoms with van der Waals surface area (Å²) in [6.07, 6.45) is 1.04. The van der Waals surface area contributed by atoms with Crippen molar-refractivity contribution in [2.24, 2.45) is 0 Å². The van der Waals surface area contributed by atoms with Crippen LogP contribution in [0.1, 0.15) is 29.2 Å². The molecule has 7 heteroatoms. The smallest absolute Gasteiger partial charge is 0.203 e. The lowest BCUT2D eigenvalue weighted by molar-refractivity contribution is 0.228. The molecule has 1 N–H and O–H groups in total. The van der Waals surface area contributed by atoms with Crippen LogP contribution < -0.4 is 29.0 Å². The van der Waals surface area contributed by atoms with Crippen molar-refractivity contribution in [3.05, 3.63) is 77.4 Å². The minimum atomic E-state index is -0.137. The molecule has 36 heavy (non-hydrogen) atoms. The second-order valence-electron chi connectivity index (χ2n) is 8.65. The van der Waals surface area contributed by atoms with Crippen LogP contribution in [0, 0.1) is 0 Å². The normalized spacial score (nSPS) is 15.0. The molecule has 0 radical (unpaired) electrons. The number of hydrogen-bond acceptors (Lipinski definition) is 7. The first-order chi connectivity index (χ1) is 17.7. The Kier molecular flexibility index (Phi) is 8.92. The summed E-state index contributed by atoms with van der Waals surface area (Å²) in [5.74, 6) is 3.37. The number of benzene rings is 3. The van der Waals surface area contributed by atoms with Gasteiger partial charge in [-0.3, -0.25) is 4.90 Å². The molecule has 1 atom stereocenters. The Balaban J connectivity index is 1.81. The zero-order chi connectivity index (χ0) is 25.3. The maximum atomic E-state index is 6.21. The van der Waals surface area contributed by atoms with Crippen molar-refractivity contribution >= 4 is 0 Å². The molecule has 4 rings (SSSR count). The molecule has 1 aliphatic rings. The highest BCUT2D eigenvalue weighted by Crippen LogP contribution is 2.46. The molecule has 1 heterocycles. The lowest BCUT2D eigenvalue weighted by Gasteiger charge is -2.33. The molecule has 0 spiro atoms.